The van der Waals surface area contributed by atoms with Gasteiger partial charge in [0.25, 0.3) is 5.91 Å². The third-order valence-corrected chi connectivity index (χ3v) is 6.89. The second-order valence-electron chi connectivity index (χ2n) is 9.02. The van der Waals surface area contributed by atoms with Crippen LogP contribution >= 0.6 is 11.6 Å². The minimum atomic E-state index is -0.603. The number of halogens is 1. The van der Waals surface area contributed by atoms with E-state index in [1.54, 1.807) is 38.2 Å². The number of benzene rings is 2. The Morgan fingerprint density at radius 1 is 1.08 bits per heavy atom. The second kappa shape index (κ2) is 11.1. The largest absolute Gasteiger partial charge is 0.463 e. The lowest BCUT2D eigenvalue weighted by atomic mass is 9.94. The molecule has 0 unspecified atom stereocenters. The minimum Gasteiger partial charge on any atom is -0.463 e. The van der Waals surface area contributed by atoms with Gasteiger partial charge in [0.15, 0.2) is 0 Å². The molecule has 4 rings (SSSR count). The van der Waals surface area contributed by atoms with Gasteiger partial charge in [-0.25, -0.2) is 9.59 Å². The van der Waals surface area contributed by atoms with E-state index in [0.717, 1.165) is 5.56 Å². The number of amides is 3. The van der Waals surface area contributed by atoms with Gasteiger partial charge in [0.05, 0.1) is 18.2 Å². The summed E-state index contributed by atoms with van der Waals surface area (Å²) in [5.74, 6) is -0.485. The van der Waals surface area contributed by atoms with E-state index >= 15 is 0 Å². The maximum Gasteiger partial charge on any atom is 0.338 e. The first-order chi connectivity index (χ1) is 17.3. The summed E-state index contributed by atoms with van der Waals surface area (Å²) >= 11 is 5.97. The number of esters is 1. The van der Waals surface area contributed by atoms with Gasteiger partial charge in [0.1, 0.15) is 0 Å². The number of hydrogen-bond donors (Lipinski definition) is 1. The molecule has 3 amide bonds. The highest BCUT2D eigenvalue weighted by atomic mass is 35.5. The number of nitrogens with zero attached hydrogens (tertiary/aromatic N) is 3. The average Bonchev–Trinajstić information content (AvgIpc) is 2.87. The van der Waals surface area contributed by atoms with Crippen LogP contribution in [0.5, 0.6) is 0 Å². The fraction of sp³-hybridized carbons (Fsp3) is 0.370. The number of nitrogens with one attached hydrogen (secondary N) is 1. The number of ether oxygens (including phenoxy) is 1. The first-order valence-corrected chi connectivity index (χ1v) is 12.5. The summed E-state index contributed by atoms with van der Waals surface area (Å²) in [7, 11) is 1.66. The lowest BCUT2D eigenvalue weighted by Gasteiger charge is -2.42. The number of piperazine rings is 1. The van der Waals surface area contributed by atoms with Crippen LogP contribution < -0.4 is 5.32 Å². The van der Waals surface area contributed by atoms with Crippen LogP contribution in [0.3, 0.4) is 0 Å². The van der Waals surface area contributed by atoms with Crippen molar-refractivity contribution in [1.82, 2.24) is 20.0 Å². The van der Waals surface area contributed by atoms with Crippen LogP contribution in [0.15, 0.2) is 65.9 Å². The van der Waals surface area contributed by atoms with E-state index in [0.29, 0.717) is 48.0 Å². The number of rotatable bonds is 6. The Hall–Kier alpha value is -3.36. The minimum absolute atomic E-state index is 0.0384. The van der Waals surface area contributed by atoms with E-state index in [1.165, 1.54) is 4.90 Å². The van der Waals surface area contributed by atoms with Gasteiger partial charge in [-0.15, -0.1) is 0 Å². The summed E-state index contributed by atoms with van der Waals surface area (Å²) in [4.78, 5) is 44.6. The third-order valence-electron chi connectivity index (χ3n) is 6.64. The van der Waals surface area contributed by atoms with E-state index in [1.807, 2.05) is 42.2 Å². The molecule has 0 aliphatic carbocycles. The van der Waals surface area contributed by atoms with E-state index in [4.69, 9.17) is 16.3 Å². The summed E-state index contributed by atoms with van der Waals surface area (Å²) in [6.07, 6.45) is 0. The van der Waals surface area contributed by atoms with Crippen molar-refractivity contribution >= 4 is 29.5 Å². The van der Waals surface area contributed by atoms with Crippen LogP contribution in [0.2, 0.25) is 5.02 Å². The second-order valence-corrected chi connectivity index (χ2v) is 9.46. The molecule has 1 saturated heterocycles. The molecular weight excluding hydrogens is 480 g/mol. The predicted molar refractivity (Wildman–Crippen MR) is 138 cm³/mol. The Labute approximate surface area is 216 Å². The number of carbonyl (C=O) groups excluding carboxylic acids is 3. The fourth-order valence-electron chi connectivity index (χ4n) is 4.74. The predicted octanol–water partition coefficient (Wildman–Crippen LogP) is 3.70. The number of likely N-dealkylation sites (N-methyl/N-ethyl adjacent to an activating group) is 1. The smallest absolute Gasteiger partial charge is 0.338 e. The summed E-state index contributed by atoms with van der Waals surface area (Å²) in [5.41, 5.74) is 2.45. The van der Waals surface area contributed by atoms with Crippen molar-refractivity contribution in [2.45, 2.75) is 25.9 Å². The molecule has 2 atom stereocenters. The van der Waals surface area contributed by atoms with Gasteiger partial charge in [-0.1, -0.05) is 41.9 Å². The summed E-state index contributed by atoms with van der Waals surface area (Å²) in [6, 6.07) is 15.4. The van der Waals surface area contributed by atoms with Gasteiger partial charge < -0.3 is 15.0 Å². The molecule has 190 valence electrons. The van der Waals surface area contributed by atoms with Crippen molar-refractivity contribution in [2.24, 2.45) is 0 Å². The highest BCUT2D eigenvalue weighted by Crippen LogP contribution is 2.31. The molecule has 2 aromatic carbocycles. The Morgan fingerprint density at radius 2 is 1.78 bits per heavy atom. The monoisotopic (exact) mass is 510 g/mol. The Kier molecular flexibility index (Phi) is 7.96. The highest BCUT2D eigenvalue weighted by Gasteiger charge is 2.38. The van der Waals surface area contributed by atoms with Crippen LogP contribution in [0, 0.1) is 0 Å². The van der Waals surface area contributed by atoms with Crippen molar-refractivity contribution in [1.29, 1.82) is 0 Å². The zero-order valence-electron chi connectivity index (χ0n) is 20.7. The zero-order chi connectivity index (χ0) is 25.8. The molecule has 1 N–H and O–H groups in total. The van der Waals surface area contributed by atoms with E-state index < -0.39 is 12.0 Å². The Bertz CT molecular complexity index is 1150. The number of hydrogen-bond acceptors (Lipinski definition) is 5. The standard InChI is InChI=1S/C27H31ClN4O4/c1-4-36-26(34)23-22(30(3)27(35)29-24(23)19-8-6-5-7-9-19)17-31-14-15-32(18(2)16-31)25(33)20-10-12-21(28)13-11-20/h5-13,18,24H,4,14-17H2,1-3H3,(H,29,35)/t18-,24-/m1/s1. The van der Waals surface area contributed by atoms with Gasteiger partial charge in [0, 0.05) is 55.6 Å². The quantitative estimate of drug-likeness (QED) is 0.599. The van der Waals surface area contributed by atoms with Gasteiger partial charge in [-0.05, 0) is 43.7 Å². The average molecular weight is 511 g/mol. The molecule has 0 radical (unpaired) electrons. The fourth-order valence-corrected chi connectivity index (χ4v) is 4.87. The molecule has 8 nitrogen and oxygen atoms in total. The highest BCUT2D eigenvalue weighted by molar-refractivity contribution is 6.30. The van der Waals surface area contributed by atoms with Crippen LogP contribution in [-0.4, -0.2) is 78.5 Å². The molecule has 2 aliphatic heterocycles. The lowest BCUT2D eigenvalue weighted by molar-refractivity contribution is -0.139. The molecule has 0 saturated carbocycles. The molecule has 0 bridgehead atoms. The van der Waals surface area contributed by atoms with E-state index in [2.05, 4.69) is 10.2 Å². The van der Waals surface area contributed by atoms with Crippen molar-refractivity contribution in [3.05, 3.63) is 82.0 Å². The molecule has 9 heteroatoms. The summed E-state index contributed by atoms with van der Waals surface area (Å²) in [6.45, 7) is 6.12. The number of urea groups is 1. The maximum absolute atomic E-state index is 13.1. The topological polar surface area (TPSA) is 82.2 Å². The van der Waals surface area contributed by atoms with Crippen LogP contribution in [0.25, 0.3) is 0 Å². The van der Waals surface area contributed by atoms with E-state index in [-0.39, 0.29) is 24.6 Å². The molecule has 2 aliphatic rings. The van der Waals surface area contributed by atoms with Gasteiger partial charge in [-0.2, -0.15) is 0 Å². The summed E-state index contributed by atoms with van der Waals surface area (Å²) < 4.78 is 5.41. The third kappa shape index (κ3) is 5.39. The van der Waals surface area contributed by atoms with Crippen LogP contribution in [0.1, 0.15) is 35.8 Å². The van der Waals surface area contributed by atoms with Gasteiger partial charge in [-0.3, -0.25) is 14.6 Å². The zero-order valence-corrected chi connectivity index (χ0v) is 21.5. The number of carbonyl (C=O) groups is 3. The Morgan fingerprint density at radius 3 is 2.42 bits per heavy atom. The molecule has 2 aromatic rings. The molecule has 0 aromatic heterocycles. The first kappa shape index (κ1) is 25.7. The first-order valence-electron chi connectivity index (χ1n) is 12.1. The van der Waals surface area contributed by atoms with Crippen molar-refractivity contribution in [2.75, 3.05) is 39.8 Å². The van der Waals surface area contributed by atoms with Crippen molar-refractivity contribution in [3.8, 4) is 0 Å². The molecular formula is C27H31ClN4O4. The normalized spacial score (nSPS) is 20.8. The van der Waals surface area contributed by atoms with Crippen molar-refractivity contribution in [3.63, 3.8) is 0 Å². The Balaban J connectivity index is 1.58. The van der Waals surface area contributed by atoms with Gasteiger partial charge >= 0.3 is 12.0 Å². The molecule has 0 spiro atoms. The molecule has 36 heavy (non-hydrogen) atoms. The van der Waals surface area contributed by atoms with Gasteiger partial charge in [0.2, 0.25) is 0 Å². The van der Waals surface area contributed by atoms with Crippen molar-refractivity contribution < 1.29 is 19.1 Å². The van der Waals surface area contributed by atoms with E-state index in [9.17, 15) is 14.4 Å². The lowest BCUT2D eigenvalue weighted by Crippen LogP contribution is -2.56. The molecule has 1 fully saturated rings. The van der Waals surface area contributed by atoms with Crippen LogP contribution in [-0.2, 0) is 9.53 Å². The summed E-state index contributed by atoms with van der Waals surface area (Å²) in [5, 5.41) is 3.53. The van der Waals surface area contributed by atoms with Crippen LogP contribution in [0.4, 0.5) is 4.79 Å². The molecule has 2 heterocycles. The SMILES string of the molecule is CCOC(=O)C1=C(CN2CCN(C(=O)c3ccc(Cl)cc3)[C@H](C)C2)N(C)C(=O)N[C@@H]1c1ccccc1. The maximum atomic E-state index is 13.1.